The third-order valence-electron chi connectivity index (χ3n) is 3.67. The van der Waals surface area contributed by atoms with Gasteiger partial charge in [0, 0.05) is 5.39 Å². The zero-order chi connectivity index (χ0) is 17.6. The maximum Gasteiger partial charge on any atom is 0.287 e. The Morgan fingerprint density at radius 2 is 1.72 bits per heavy atom. The van der Waals surface area contributed by atoms with Crippen molar-refractivity contribution in [1.82, 2.24) is 5.32 Å². The highest BCUT2D eigenvalue weighted by molar-refractivity contribution is 5.97. The quantitative estimate of drug-likeness (QED) is 0.668. The van der Waals surface area contributed by atoms with Gasteiger partial charge in [0.1, 0.15) is 6.61 Å². The molecule has 6 nitrogen and oxygen atoms in total. The summed E-state index contributed by atoms with van der Waals surface area (Å²) in [5.41, 5.74) is 0.556. The number of nitrogens with one attached hydrogen (secondary N) is 1. The van der Waals surface area contributed by atoms with Gasteiger partial charge in [-0.15, -0.1) is 0 Å². The predicted octanol–water partition coefficient (Wildman–Crippen LogP) is 3.26. The van der Waals surface area contributed by atoms with Crippen LogP contribution in [0.5, 0.6) is 17.2 Å². The molecule has 0 radical (unpaired) electrons. The van der Waals surface area contributed by atoms with Crippen LogP contribution in [-0.4, -0.2) is 33.3 Å². The molecular weight excluding hydrogens is 322 g/mol. The molecule has 6 heteroatoms. The Kier molecular flexibility index (Phi) is 5.09. The maximum absolute atomic E-state index is 12.2. The normalized spacial score (nSPS) is 10.5. The summed E-state index contributed by atoms with van der Waals surface area (Å²) in [6, 6.07) is 14.5. The molecule has 0 aliphatic carbocycles. The number of methoxy groups -OCH3 is 2. The first-order valence-electron chi connectivity index (χ1n) is 7.83. The number of amides is 1. The first-order valence-corrected chi connectivity index (χ1v) is 7.83. The monoisotopic (exact) mass is 341 g/mol. The van der Waals surface area contributed by atoms with E-state index in [1.807, 2.05) is 36.4 Å². The van der Waals surface area contributed by atoms with Gasteiger partial charge >= 0.3 is 0 Å². The summed E-state index contributed by atoms with van der Waals surface area (Å²) in [6.45, 7) is 0.653. The highest BCUT2D eigenvalue weighted by Crippen LogP contribution is 2.28. The van der Waals surface area contributed by atoms with E-state index in [-0.39, 0.29) is 11.7 Å². The number of hydrogen-bond donors (Lipinski definition) is 1. The van der Waals surface area contributed by atoms with E-state index in [9.17, 15) is 4.79 Å². The Balaban J connectivity index is 1.58. The minimum Gasteiger partial charge on any atom is -0.493 e. The molecule has 3 aromatic rings. The second kappa shape index (κ2) is 7.61. The SMILES string of the molecule is COc1ccccc1OCCNC(=O)c1cc2cccc(OC)c2o1. The second-order valence-electron chi connectivity index (χ2n) is 5.24. The Hall–Kier alpha value is -3.15. The van der Waals surface area contributed by atoms with Crippen LogP contribution >= 0.6 is 0 Å². The van der Waals surface area contributed by atoms with Crippen molar-refractivity contribution >= 4 is 16.9 Å². The highest BCUT2D eigenvalue weighted by atomic mass is 16.5. The van der Waals surface area contributed by atoms with Crippen molar-refractivity contribution in [3.05, 3.63) is 54.3 Å². The van der Waals surface area contributed by atoms with E-state index >= 15 is 0 Å². The third-order valence-corrected chi connectivity index (χ3v) is 3.67. The summed E-state index contributed by atoms with van der Waals surface area (Å²) in [5, 5.41) is 3.58. The fourth-order valence-electron chi connectivity index (χ4n) is 2.46. The Labute approximate surface area is 145 Å². The van der Waals surface area contributed by atoms with E-state index in [1.165, 1.54) is 0 Å². The molecule has 25 heavy (non-hydrogen) atoms. The lowest BCUT2D eigenvalue weighted by Crippen LogP contribution is -2.27. The largest absolute Gasteiger partial charge is 0.493 e. The van der Waals surface area contributed by atoms with Gasteiger partial charge in [0.05, 0.1) is 20.8 Å². The summed E-state index contributed by atoms with van der Waals surface area (Å²) in [4.78, 5) is 12.2. The Morgan fingerprint density at radius 1 is 1.00 bits per heavy atom. The average Bonchev–Trinajstić information content (AvgIpc) is 3.09. The van der Waals surface area contributed by atoms with Crippen LogP contribution < -0.4 is 19.5 Å². The van der Waals surface area contributed by atoms with Gasteiger partial charge in [-0.2, -0.15) is 0 Å². The molecule has 130 valence electrons. The number of para-hydroxylation sites is 3. The number of rotatable bonds is 7. The van der Waals surface area contributed by atoms with Crippen LogP contribution in [0.3, 0.4) is 0 Å². The number of carbonyl (C=O) groups excluding carboxylic acids is 1. The van der Waals surface area contributed by atoms with Crippen LogP contribution in [0.25, 0.3) is 11.0 Å². The van der Waals surface area contributed by atoms with E-state index in [4.69, 9.17) is 18.6 Å². The molecule has 0 unspecified atom stereocenters. The maximum atomic E-state index is 12.2. The van der Waals surface area contributed by atoms with Gasteiger partial charge in [-0.05, 0) is 24.3 Å². The van der Waals surface area contributed by atoms with Crippen LogP contribution in [-0.2, 0) is 0 Å². The molecule has 2 aromatic carbocycles. The summed E-state index contributed by atoms with van der Waals surface area (Å²) in [6.07, 6.45) is 0. The van der Waals surface area contributed by atoms with E-state index in [1.54, 1.807) is 26.4 Å². The van der Waals surface area contributed by atoms with Gasteiger partial charge in [0.25, 0.3) is 5.91 Å². The molecule has 0 saturated carbocycles. The van der Waals surface area contributed by atoms with Crippen molar-refractivity contribution < 1.29 is 23.4 Å². The molecular formula is C19H19NO5. The minimum absolute atomic E-state index is 0.233. The van der Waals surface area contributed by atoms with Crippen molar-refractivity contribution in [3.8, 4) is 17.2 Å². The summed E-state index contributed by atoms with van der Waals surface area (Å²) in [5.74, 6) is 1.81. The molecule has 1 heterocycles. The topological polar surface area (TPSA) is 69.9 Å². The van der Waals surface area contributed by atoms with Crippen molar-refractivity contribution in [1.29, 1.82) is 0 Å². The van der Waals surface area contributed by atoms with E-state index in [2.05, 4.69) is 5.32 Å². The first kappa shape index (κ1) is 16.7. The summed E-state index contributed by atoms with van der Waals surface area (Å²) >= 11 is 0. The number of carbonyl (C=O) groups is 1. The van der Waals surface area contributed by atoms with E-state index < -0.39 is 0 Å². The molecule has 0 saturated heterocycles. The number of benzene rings is 2. The molecule has 0 aliphatic heterocycles. The molecule has 1 amide bonds. The van der Waals surface area contributed by atoms with Crippen LogP contribution in [0.1, 0.15) is 10.6 Å². The molecule has 1 aromatic heterocycles. The molecule has 0 bridgehead atoms. The van der Waals surface area contributed by atoms with Gasteiger partial charge < -0.3 is 23.9 Å². The van der Waals surface area contributed by atoms with Crippen LogP contribution in [0.2, 0.25) is 0 Å². The number of ether oxygens (including phenoxy) is 3. The van der Waals surface area contributed by atoms with Gasteiger partial charge in [0.2, 0.25) is 0 Å². The van der Waals surface area contributed by atoms with Crippen LogP contribution in [0, 0.1) is 0 Å². The molecule has 0 fully saturated rings. The van der Waals surface area contributed by atoms with Gasteiger partial charge in [-0.1, -0.05) is 24.3 Å². The average molecular weight is 341 g/mol. The lowest BCUT2D eigenvalue weighted by Gasteiger charge is -2.10. The number of fused-ring (bicyclic) bond motifs is 1. The molecule has 0 aliphatic rings. The van der Waals surface area contributed by atoms with Crippen LogP contribution in [0.4, 0.5) is 0 Å². The van der Waals surface area contributed by atoms with Crippen molar-refractivity contribution in [2.45, 2.75) is 0 Å². The van der Waals surface area contributed by atoms with Crippen LogP contribution in [0.15, 0.2) is 52.9 Å². The molecule has 0 spiro atoms. The third kappa shape index (κ3) is 3.68. The molecule has 3 rings (SSSR count). The van der Waals surface area contributed by atoms with Crippen molar-refractivity contribution in [2.24, 2.45) is 0 Å². The zero-order valence-corrected chi connectivity index (χ0v) is 14.1. The number of hydrogen-bond acceptors (Lipinski definition) is 5. The smallest absolute Gasteiger partial charge is 0.287 e. The van der Waals surface area contributed by atoms with E-state index in [0.717, 1.165) is 5.39 Å². The van der Waals surface area contributed by atoms with Gasteiger partial charge in [-0.3, -0.25) is 4.79 Å². The van der Waals surface area contributed by atoms with Gasteiger partial charge in [0.15, 0.2) is 28.6 Å². The Bertz CT molecular complexity index is 871. The fourth-order valence-corrected chi connectivity index (χ4v) is 2.46. The van der Waals surface area contributed by atoms with Crippen molar-refractivity contribution in [2.75, 3.05) is 27.4 Å². The minimum atomic E-state index is -0.304. The fraction of sp³-hybridized carbons (Fsp3) is 0.211. The molecule has 1 N–H and O–H groups in total. The highest BCUT2D eigenvalue weighted by Gasteiger charge is 2.14. The molecule has 0 atom stereocenters. The second-order valence-corrected chi connectivity index (χ2v) is 5.24. The lowest BCUT2D eigenvalue weighted by molar-refractivity contribution is 0.0921. The van der Waals surface area contributed by atoms with E-state index in [0.29, 0.717) is 36.0 Å². The van der Waals surface area contributed by atoms with Gasteiger partial charge in [-0.25, -0.2) is 0 Å². The standard InChI is InChI=1S/C19H19NO5/c1-22-14-7-3-4-8-15(14)24-11-10-20-19(21)17-12-13-6-5-9-16(23-2)18(13)25-17/h3-9,12H,10-11H2,1-2H3,(H,20,21). The first-order chi connectivity index (χ1) is 12.2. The predicted molar refractivity (Wildman–Crippen MR) is 93.6 cm³/mol. The Morgan fingerprint density at radius 3 is 2.48 bits per heavy atom. The van der Waals surface area contributed by atoms with Crippen molar-refractivity contribution in [3.63, 3.8) is 0 Å². The lowest BCUT2D eigenvalue weighted by atomic mass is 10.2. The summed E-state index contributed by atoms with van der Waals surface area (Å²) in [7, 11) is 3.14. The zero-order valence-electron chi connectivity index (χ0n) is 14.1. The summed E-state index contributed by atoms with van der Waals surface area (Å²) < 4.78 is 21.7. The number of furan rings is 1.